The summed E-state index contributed by atoms with van der Waals surface area (Å²) < 4.78 is 0.958. The second-order valence-corrected chi connectivity index (χ2v) is 6.77. The van der Waals surface area contributed by atoms with Crippen molar-refractivity contribution in [3.63, 3.8) is 0 Å². The number of nitrogens with zero attached hydrogens (tertiary/aromatic N) is 4. The Morgan fingerprint density at radius 1 is 1.43 bits per heavy atom. The maximum Gasteiger partial charge on any atom is 0.224 e. The fourth-order valence-electron chi connectivity index (χ4n) is 2.67. The highest BCUT2D eigenvalue weighted by atomic mass is 79.9. The third-order valence-corrected chi connectivity index (χ3v) is 4.55. The standard InChI is InChI=1S/C15H26BrN5/c1-4-7-17-15-18-10-13(16)14(19-15)21(3)11-12-5-8-20(2)9-6-12/h10,12H,4-9,11H2,1-3H3,(H,17,18,19). The second kappa shape index (κ2) is 7.94. The number of aromatic nitrogens is 2. The third-order valence-electron chi connectivity index (χ3n) is 3.99. The molecule has 0 atom stereocenters. The van der Waals surface area contributed by atoms with E-state index in [1.165, 1.54) is 25.9 Å². The zero-order valence-electron chi connectivity index (χ0n) is 13.3. The minimum Gasteiger partial charge on any atom is -0.358 e. The molecule has 118 valence electrons. The summed E-state index contributed by atoms with van der Waals surface area (Å²) in [5.74, 6) is 2.44. The van der Waals surface area contributed by atoms with Gasteiger partial charge in [0.1, 0.15) is 5.82 Å². The number of piperidine rings is 1. The molecule has 0 spiro atoms. The van der Waals surface area contributed by atoms with Crippen molar-refractivity contribution >= 4 is 27.7 Å². The van der Waals surface area contributed by atoms with Crippen LogP contribution in [0.4, 0.5) is 11.8 Å². The van der Waals surface area contributed by atoms with E-state index in [9.17, 15) is 0 Å². The molecule has 0 radical (unpaired) electrons. The van der Waals surface area contributed by atoms with Crippen molar-refractivity contribution in [2.24, 2.45) is 5.92 Å². The Balaban J connectivity index is 1.98. The van der Waals surface area contributed by atoms with Crippen LogP contribution in [0.25, 0.3) is 0 Å². The number of hydrogen-bond acceptors (Lipinski definition) is 5. The molecular formula is C15H26BrN5. The Morgan fingerprint density at radius 2 is 2.14 bits per heavy atom. The van der Waals surface area contributed by atoms with Crippen molar-refractivity contribution in [1.29, 1.82) is 0 Å². The fraction of sp³-hybridized carbons (Fsp3) is 0.733. The van der Waals surface area contributed by atoms with Crippen LogP contribution in [0.1, 0.15) is 26.2 Å². The van der Waals surface area contributed by atoms with Crippen LogP contribution in [0.5, 0.6) is 0 Å². The Labute approximate surface area is 136 Å². The number of halogens is 1. The van der Waals surface area contributed by atoms with E-state index in [0.29, 0.717) is 5.95 Å². The van der Waals surface area contributed by atoms with E-state index in [-0.39, 0.29) is 0 Å². The maximum atomic E-state index is 4.64. The largest absolute Gasteiger partial charge is 0.358 e. The lowest BCUT2D eigenvalue weighted by Gasteiger charge is -2.32. The first kappa shape index (κ1) is 16.5. The van der Waals surface area contributed by atoms with Crippen LogP contribution in [0.2, 0.25) is 0 Å². The van der Waals surface area contributed by atoms with Crippen LogP contribution in [-0.2, 0) is 0 Å². The highest BCUT2D eigenvalue weighted by Crippen LogP contribution is 2.26. The Kier molecular flexibility index (Phi) is 6.23. The normalized spacial score (nSPS) is 17.0. The summed E-state index contributed by atoms with van der Waals surface area (Å²) in [4.78, 5) is 13.6. The molecule has 2 rings (SSSR count). The van der Waals surface area contributed by atoms with E-state index in [1.54, 1.807) is 0 Å². The van der Waals surface area contributed by atoms with Gasteiger partial charge in [0.05, 0.1) is 4.47 Å². The quantitative estimate of drug-likeness (QED) is 0.849. The number of nitrogens with one attached hydrogen (secondary N) is 1. The van der Waals surface area contributed by atoms with Crippen LogP contribution in [0.3, 0.4) is 0 Å². The molecule has 0 aromatic carbocycles. The first-order chi connectivity index (χ1) is 10.1. The highest BCUT2D eigenvalue weighted by Gasteiger charge is 2.20. The molecule has 1 aromatic heterocycles. The molecule has 0 bridgehead atoms. The van der Waals surface area contributed by atoms with Gasteiger partial charge in [-0.1, -0.05) is 6.92 Å². The van der Waals surface area contributed by atoms with E-state index in [1.807, 2.05) is 6.20 Å². The monoisotopic (exact) mass is 355 g/mol. The predicted octanol–water partition coefficient (Wildman–Crippen LogP) is 2.84. The lowest BCUT2D eigenvalue weighted by molar-refractivity contribution is 0.222. The first-order valence-corrected chi connectivity index (χ1v) is 8.55. The Morgan fingerprint density at radius 3 is 2.81 bits per heavy atom. The van der Waals surface area contributed by atoms with Crippen molar-refractivity contribution in [1.82, 2.24) is 14.9 Å². The van der Waals surface area contributed by atoms with Crippen LogP contribution in [0.15, 0.2) is 10.7 Å². The van der Waals surface area contributed by atoms with Gasteiger partial charge in [0.15, 0.2) is 0 Å². The zero-order valence-corrected chi connectivity index (χ0v) is 14.9. The molecule has 0 unspecified atom stereocenters. The topological polar surface area (TPSA) is 44.3 Å². The Hall–Kier alpha value is -0.880. The molecular weight excluding hydrogens is 330 g/mol. The van der Waals surface area contributed by atoms with Crippen molar-refractivity contribution in [3.8, 4) is 0 Å². The third kappa shape index (κ3) is 4.81. The summed E-state index contributed by atoms with van der Waals surface area (Å²) in [6.07, 6.45) is 5.45. The summed E-state index contributed by atoms with van der Waals surface area (Å²) in [6, 6.07) is 0. The fourth-order valence-corrected chi connectivity index (χ4v) is 3.16. The first-order valence-electron chi connectivity index (χ1n) is 7.76. The van der Waals surface area contributed by atoms with Gasteiger partial charge < -0.3 is 15.1 Å². The molecule has 21 heavy (non-hydrogen) atoms. The minimum atomic E-state index is 0.713. The lowest BCUT2D eigenvalue weighted by atomic mass is 9.97. The van der Waals surface area contributed by atoms with Crippen LogP contribution >= 0.6 is 15.9 Å². The lowest BCUT2D eigenvalue weighted by Crippen LogP contribution is -2.36. The van der Waals surface area contributed by atoms with Gasteiger partial charge in [0.25, 0.3) is 0 Å². The smallest absolute Gasteiger partial charge is 0.224 e. The van der Waals surface area contributed by atoms with Gasteiger partial charge in [0, 0.05) is 26.3 Å². The molecule has 0 saturated carbocycles. The molecule has 1 fully saturated rings. The molecule has 1 N–H and O–H groups in total. The summed E-state index contributed by atoms with van der Waals surface area (Å²) >= 11 is 3.57. The molecule has 1 saturated heterocycles. The van der Waals surface area contributed by atoms with Crippen molar-refractivity contribution in [2.75, 3.05) is 50.5 Å². The number of hydrogen-bond donors (Lipinski definition) is 1. The summed E-state index contributed by atoms with van der Waals surface area (Å²) in [5, 5.41) is 3.25. The molecule has 6 heteroatoms. The van der Waals surface area contributed by atoms with Crippen LogP contribution in [0, 0.1) is 5.92 Å². The second-order valence-electron chi connectivity index (χ2n) is 5.92. The molecule has 2 heterocycles. The van der Waals surface area contributed by atoms with Crippen LogP contribution in [-0.4, -0.2) is 55.1 Å². The molecule has 0 amide bonds. The molecule has 1 aliphatic rings. The molecule has 1 aromatic rings. The molecule has 1 aliphatic heterocycles. The number of anilines is 2. The molecule has 0 aliphatic carbocycles. The Bertz CT molecular complexity index is 446. The average Bonchev–Trinajstić information content (AvgIpc) is 2.48. The van der Waals surface area contributed by atoms with Gasteiger partial charge in [-0.05, 0) is 61.2 Å². The van der Waals surface area contributed by atoms with Gasteiger partial charge in [-0.25, -0.2) is 4.98 Å². The molecule has 5 nitrogen and oxygen atoms in total. The zero-order chi connectivity index (χ0) is 15.2. The summed E-state index contributed by atoms with van der Waals surface area (Å²) in [5.41, 5.74) is 0. The number of rotatable bonds is 6. The summed E-state index contributed by atoms with van der Waals surface area (Å²) in [7, 11) is 4.32. The van der Waals surface area contributed by atoms with E-state index in [4.69, 9.17) is 0 Å². The van der Waals surface area contributed by atoms with Crippen molar-refractivity contribution in [2.45, 2.75) is 26.2 Å². The summed E-state index contributed by atoms with van der Waals surface area (Å²) in [6.45, 7) is 6.49. The van der Waals surface area contributed by atoms with Crippen molar-refractivity contribution < 1.29 is 0 Å². The van der Waals surface area contributed by atoms with Gasteiger partial charge in [-0.15, -0.1) is 0 Å². The highest BCUT2D eigenvalue weighted by molar-refractivity contribution is 9.10. The van der Waals surface area contributed by atoms with Gasteiger partial charge in [0.2, 0.25) is 5.95 Å². The van der Waals surface area contributed by atoms with E-state index in [0.717, 1.165) is 35.7 Å². The van der Waals surface area contributed by atoms with Gasteiger partial charge in [-0.2, -0.15) is 4.98 Å². The van der Waals surface area contributed by atoms with Gasteiger partial charge in [-0.3, -0.25) is 0 Å². The SMILES string of the molecule is CCCNc1ncc(Br)c(N(C)CC2CCN(C)CC2)n1. The number of likely N-dealkylation sites (tertiary alicyclic amines) is 1. The minimum absolute atomic E-state index is 0.713. The van der Waals surface area contributed by atoms with E-state index >= 15 is 0 Å². The van der Waals surface area contributed by atoms with Crippen LogP contribution < -0.4 is 10.2 Å². The van der Waals surface area contributed by atoms with Crippen molar-refractivity contribution in [3.05, 3.63) is 10.7 Å². The van der Waals surface area contributed by atoms with E-state index in [2.05, 4.69) is 62.0 Å². The van der Waals surface area contributed by atoms with E-state index < -0.39 is 0 Å². The predicted molar refractivity (Wildman–Crippen MR) is 92.0 cm³/mol. The average molecular weight is 356 g/mol. The maximum absolute atomic E-state index is 4.64. The van der Waals surface area contributed by atoms with Gasteiger partial charge >= 0.3 is 0 Å².